The average molecular weight is 523 g/mol. The Kier molecular flexibility index (Phi) is 7.21. The third-order valence-corrected chi connectivity index (χ3v) is 7.09. The fraction of sp³-hybridized carbons (Fsp3) is 0.345. The van der Waals surface area contributed by atoms with Gasteiger partial charge in [0.1, 0.15) is 11.6 Å². The third-order valence-electron chi connectivity index (χ3n) is 7.09. The first-order chi connectivity index (χ1) is 18.2. The Morgan fingerprint density at radius 3 is 2.68 bits per heavy atom. The maximum atomic E-state index is 13.9. The molecule has 38 heavy (non-hydrogen) atoms. The fourth-order valence-corrected chi connectivity index (χ4v) is 5.07. The molecule has 6 nitrogen and oxygen atoms in total. The van der Waals surface area contributed by atoms with E-state index < -0.39 is 11.7 Å². The molecule has 0 spiro atoms. The van der Waals surface area contributed by atoms with Crippen molar-refractivity contribution < 1.29 is 17.9 Å². The molecule has 3 heterocycles. The van der Waals surface area contributed by atoms with Crippen molar-refractivity contribution in [3.63, 3.8) is 0 Å². The second kappa shape index (κ2) is 10.6. The summed E-state index contributed by atoms with van der Waals surface area (Å²) in [6, 6.07) is 14.3. The van der Waals surface area contributed by atoms with Gasteiger partial charge in [0.2, 0.25) is 5.88 Å². The molecule has 198 valence electrons. The number of benzene rings is 2. The third kappa shape index (κ3) is 5.43. The Morgan fingerprint density at radius 2 is 1.92 bits per heavy atom. The molecule has 1 fully saturated rings. The lowest BCUT2D eigenvalue weighted by Crippen LogP contribution is -2.38. The van der Waals surface area contributed by atoms with Gasteiger partial charge in [-0.1, -0.05) is 31.2 Å². The van der Waals surface area contributed by atoms with Crippen LogP contribution in [0.15, 0.2) is 65.6 Å². The topological polar surface area (TPSA) is 60.3 Å². The van der Waals surface area contributed by atoms with Crippen molar-refractivity contribution in [3.8, 4) is 23.0 Å². The Balaban J connectivity index is 1.57. The highest BCUT2D eigenvalue weighted by Gasteiger charge is 2.31. The fourth-order valence-electron chi connectivity index (χ4n) is 5.07. The maximum Gasteiger partial charge on any atom is 0.416 e. The van der Waals surface area contributed by atoms with Crippen molar-refractivity contribution in [2.24, 2.45) is 5.92 Å². The normalized spacial score (nSPS) is 16.6. The van der Waals surface area contributed by atoms with Gasteiger partial charge in [-0.25, -0.2) is 9.97 Å². The lowest BCUT2D eigenvalue weighted by atomic mass is 9.97. The molecule has 1 saturated heterocycles. The van der Waals surface area contributed by atoms with E-state index in [0.29, 0.717) is 29.2 Å². The largest absolute Gasteiger partial charge is 0.439 e. The highest BCUT2D eigenvalue weighted by Crippen LogP contribution is 2.32. The van der Waals surface area contributed by atoms with Crippen LogP contribution in [0.1, 0.15) is 30.9 Å². The molecule has 2 aromatic heterocycles. The minimum Gasteiger partial charge on any atom is -0.439 e. The first kappa shape index (κ1) is 25.9. The lowest BCUT2D eigenvalue weighted by molar-refractivity contribution is -0.137. The molecule has 2 aromatic carbocycles. The van der Waals surface area contributed by atoms with Gasteiger partial charge in [0.15, 0.2) is 0 Å². The Hall–Kier alpha value is -3.72. The number of likely N-dealkylation sites (tertiary alicyclic amines) is 1. The van der Waals surface area contributed by atoms with E-state index in [1.165, 1.54) is 6.07 Å². The number of halogens is 3. The van der Waals surface area contributed by atoms with E-state index in [2.05, 4.69) is 16.8 Å². The first-order valence-corrected chi connectivity index (χ1v) is 12.8. The van der Waals surface area contributed by atoms with Crippen LogP contribution in [0.3, 0.4) is 0 Å². The zero-order valence-electron chi connectivity index (χ0n) is 21.3. The van der Waals surface area contributed by atoms with Gasteiger partial charge in [0.05, 0.1) is 16.5 Å². The molecule has 0 aliphatic carbocycles. The summed E-state index contributed by atoms with van der Waals surface area (Å²) in [5.41, 5.74) is 1.34. The van der Waals surface area contributed by atoms with Crippen LogP contribution in [0, 0.1) is 12.8 Å². The van der Waals surface area contributed by atoms with E-state index in [9.17, 15) is 18.0 Å². The summed E-state index contributed by atoms with van der Waals surface area (Å²) in [7, 11) is 0. The van der Waals surface area contributed by atoms with Crippen LogP contribution in [0.4, 0.5) is 13.2 Å². The van der Waals surface area contributed by atoms with Gasteiger partial charge in [-0.2, -0.15) is 13.2 Å². The summed E-state index contributed by atoms with van der Waals surface area (Å²) in [6.45, 7) is 7.62. The molecule has 5 rings (SSSR count). The maximum absolute atomic E-state index is 13.9. The van der Waals surface area contributed by atoms with E-state index in [1.54, 1.807) is 16.7 Å². The first-order valence-electron chi connectivity index (χ1n) is 12.8. The number of hydrogen-bond donors (Lipinski definition) is 0. The number of aromatic nitrogens is 3. The van der Waals surface area contributed by atoms with E-state index in [-0.39, 0.29) is 17.2 Å². The monoisotopic (exact) mass is 522 g/mol. The summed E-state index contributed by atoms with van der Waals surface area (Å²) < 4.78 is 46.7. The van der Waals surface area contributed by atoms with E-state index in [0.717, 1.165) is 61.9 Å². The molecule has 4 aromatic rings. The summed E-state index contributed by atoms with van der Waals surface area (Å²) in [5, 5.41) is 0.343. The number of hydrogen-bond acceptors (Lipinski definition) is 5. The highest BCUT2D eigenvalue weighted by molar-refractivity contribution is 5.81. The van der Waals surface area contributed by atoms with Gasteiger partial charge in [0, 0.05) is 30.9 Å². The second-order valence-corrected chi connectivity index (χ2v) is 9.73. The zero-order valence-corrected chi connectivity index (χ0v) is 21.3. The van der Waals surface area contributed by atoms with Crippen LogP contribution in [-0.2, 0) is 12.7 Å². The van der Waals surface area contributed by atoms with Crippen LogP contribution >= 0.6 is 0 Å². The van der Waals surface area contributed by atoms with Crippen molar-refractivity contribution in [1.29, 1.82) is 0 Å². The van der Waals surface area contributed by atoms with Crippen molar-refractivity contribution in [2.45, 2.75) is 39.4 Å². The molecule has 0 unspecified atom stereocenters. The molecular weight excluding hydrogens is 493 g/mol. The number of fused-ring (bicyclic) bond motifs is 1. The van der Waals surface area contributed by atoms with Crippen molar-refractivity contribution in [3.05, 3.63) is 82.3 Å². The predicted octanol–water partition coefficient (Wildman–Crippen LogP) is 6.31. The second-order valence-electron chi connectivity index (χ2n) is 9.73. The number of rotatable bonds is 6. The summed E-state index contributed by atoms with van der Waals surface area (Å²) in [5.74, 6) is 0.929. The molecule has 1 aliphatic rings. The van der Waals surface area contributed by atoms with E-state index in [1.807, 2.05) is 31.2 Å². The molecule has 0 amide bonds. The van der Waals surface area contributed by atoms with Gasteiger partial charge < -0.3 is 9.64 Å². The van der Waals surface area contributed by atoms with Crippen LogP contribution in [0.25, 0.3) is 22.3 Å². The van der Waals surface area contributed by atoms with Gasteiger partial charge in [0.25, 0.3) is 5.56 Å². The number of pyridine rings is 1. The Morgan fingerprint density at radius 1 is 1.11 bits per heavy atom. The van der Waals surface area contributed by atoms with Crippen LogP contribution in [0.2, 0.25) is 0 Å². The van der Waals surface area contributed by atoms with Crippen LogP contribution in [0.5, 0.6) is 11.6 Å². The highest BCUT2D eigenvalue weighted by atomic mass is 19.4. The van der Waals surface area contributed by atoms with Crippen molar-refractivity contribution >= 4 is 10.9 Å². The number of ether oxygens (including phenoxy) is 1. The molecular formula is C29H29F3N4O2. The summed E-state index contributed by atoms with van der Waals surface area (Å²) >= 11 is 0. The molecule has 0 radical (unpaired) electrons. The van der Waals surface area contributed by atoms with Gasteiger partial charge >= 0.3 is 6.18 Å². The predicted molar refractivity (Wildman–Crippen MR) is 140 cm³/mol. The minimum atomic E-state index is -4.51. The SMILES string of the molecule is CCN1CCC[C@H](Cn2c(-c3ccccc3C)nc3ccc(Oc4cc(C(F)(F)F)ccn4)cc3c2=O)C1. The van der Waals surface area contributed by atoms with Gasteiger partial charge in [-0.15, -0.1) is 0 Å². The molecule has 1 atom stereocenters. The Bertz CT molecular complexity index is 1520. The van der Waals surface area contributed by atoms with Crippen molar-refractivity contribution in [2.75, 3.05) is 19.6 Å². The standard InChI is InChI=1S/C29H29F3N4O2/c1-3-35-14-6-8-20(17-35)18-36-27(23-9-5-4-7-19(23)2)34-25-11-10-22(16-24(25)28(36)37)38-26-15-21(12-13-33-26)29(30,31)32/h4-5,7,9-13,15-16,20H,3,6,8,14,17-18H2,1-2H3/t20-/m0/s1. The number of aryl methyl sites for hydroxylation is 1. The van der Waals surface area contributed by atoms with Crippen molar-refractivity contribution in [1.82, 2.24) is 19.4 Å². The van der Waals surface area contributed by atoms with Gasteiger partial charge in [-0.3, -0.25) is 9.36 Å². The summed E-state index contributed by atoms with van der Waals surface area (Å²) in [6.07, 6.45) is -1.36. The molecule has 0 bridgehead atoms. The smallest absolute Gasteiger partial charge is 0.416 e. The average Bonchev–Trinajstić information content (AvgIpc) is 2.91. The Labute approximate surface area is 218 Å². The number of alkyl halides is 3. The number of piperidine rings is 1. The zero-order chi connectivity index (χ0) is 26.9. The van der Waals surface area contributed by atoms with E-state index in [4.69, 9.17) is 9.72 Å². The summed E-state index contributed by atoms with van der Waals surface area (Å²) in [4.78, 5) is 25.1. The lowest BCUT2D eigenvalue weighted by Gasteiger charge is -2.32. The van der Waals surface area contributed by atoms with E-state index >= 15 is 0 Å². The molecule has 0 saturated carbocycles. The van der Waals surface area contributed by atoms with Crippen LogP contribution < -0.4 is 10.3 Å². The van der Waals surface area contributed by atoms with Crippen LogP contribution in [-0.4, -0.2) is 39.1 Å². The van der Waals surface area contributed by atoms with Gasteiger partial charge in [-0.05, 0) is 68.6 Å². The molecule has 1 aliphatic heterocycles. The number of nitrogens with zero attached hydrogens (tertiary/aromatic N) is 4. The molecule has 9 heteroatoms. The quantitative estimate of drug-likeness (QED) is 0.297. The minimum absolute atomic E-state index is 0.203. The molecule has 0 N–H and O–H groups in total.